The number of pyridine rings is 3. The van der Waals surface area contributed by atoms with Gasteiger partial charge in [0.25, 0.3) is 0 Å². The number of hydrogen-bond donors (Lipinski definition) is 2. The van der Waals surface area contributed by atoms with Gasteiger partial charge in [-0.05, 0) is 36.4 Å². The topological polar surface area (TPSA) is 96.3 Å². The molecule has 0 radical (unpaired) electrons. The molecule has 7 heteroatoms. The van der Waals surface area contributed by atoms with Crippen LogP contribution < -0.4 is 0 Å². The van der Waals surface area contributed by atoms with E-state index >= 15 is 0 Å². The van der Waals surface area contributed by atoms with Gasteiger partial charge in [0.15, 0.2) is 11.2 Å². The first-order valence-electron chi connectivity index (χ1n) is 8.48. The fourth-order valence-electron chi connectivity index (χ4n) is 3.27. The third-order valence-electron chi connectivity index (χ3n) is 4.60. The lowest BCUT2D eigenvalue weighted by atomic mass is 10.2. The number of H-pyrrole nitrogens is 2. The SMILES string of the molecule is c1cnc2cc(-c3cnc4cc(-c5ccc6[nH]cnc6n5)[nH]c4c3)oc2c1. The summed E-state index contributed by atoms with van der Waals surface area (Å²) in [5.41, 5.74) is 7.58. The molecule has 27 heavy (non-hydrogen) atoms. The molecule has 0 aliphatic carbocycles. The Bertz CT molecular complexity index is 1410. The lowest BCUT2D eigenvalue weighted by Crippen LogP contribution is -1.84. The molecule has 0 saturated carbocycles. The van der Waals surface area contributed by atoms with Crippen molar-refractivity contribution < 1.29 is 4.42 Å². The normalized spacial score (nSPS) is 11.7. The van der Waals surface area contributed by atoms with Gasteiger partial charge in [-0.3, -0.25) is 9.97 Å². The Morgan fingerprint density at radius 2 is 1.89 bits per heavy atom. The van der Waals surface area contributed by atoms with Crippen LogP contribution in [0.3, 0.4) is 0 Å². The summed E-state index contributed by atoms with van der Waals surface area (Å²) in [6.45, 7) is 0. The molecule has 0 aliphatic heterocycles. The quantitative estimate of drug-likeness (QED) is 0.484. The Labute approximate surface area is 152 Å². The molecule has 128 valence electrons. The molecule has 6 aromatic heterocycles. The van der Waals surface area contributed by atoms with Gasteiger partial charge in [-0.25, -0.2) is 9.97 Å². The third kappa shape index (κ3) is 2.22. The molecule has 0 saturated heterocycles. The van der Waals surface area contributed by atoms with E-state index in [1.807, 2.05) is 48.7 Å². The van der Waals surface area contributed by atoms with Crippen LogP contribution in [0.1, 0.15) is 0 Å². The highest BCUT2D eigenvalue weighted by Crippen LogP contribution is 2.29. The minimum atomic E-state index is 0.689. The van der Waals surface area contributed by atoms with Crippen molar-refractivity contribution >= 4 is 33.3 Å². The Morgan fingerprint density at radius 1 is 0.889 bits per heavy atom. The molecule has 0 amide bonds. The number of nitrogens with zero attached hydrogens (tertiary/aromatic N) is 4. The summed E-state index contributed by atoms with van der Waals surface area (Å²) in [7, 11) is 0. The van der Waals surface area contributed by atoms with Crippen LogP contribution in [-0.2, 0) is 0 Å². The minimum absolute atomic E-state index is 0.689. The van der Waals surface area contributed by atoms with Crippen molar-refractivity contribution in [3.05, 3.63) is 61.2 Å². The van der Waals surface area contributed by atoms with E-state index in [1.54, 1.807) is 12.5 Å². The van der Waals surface area contributed by atoms with Crippen molar-refractivity contribution in [1.82, 2.24) is 29.9 Å². The van der Waals surface area contributed by atoms with Crippen LogP contribution in [0.15, 0.2) is 65.6 Å². The summed E-state index contributed by atoms with van der Waals surface area (Å²) >= 11 is 0. The molecule has 7 nitrogen and oxygen atoms in total. The van der Waals surface area contributed by atoms with Gasteiger partial charge in [-0.2, -0.15) is 0 Å². The second kappa shape index (κ2) is 5.25. The molecule has 0 fully saturated rings. The number of aromatic amines is 2. The lowest BCUT2D eigenvalue weighted by molar-refractivity contribution is 0.631. The van der Waals surface area contributed by atoms with Crippen molar-refractivity contribution in [3.8, 4) is 22.7 Å². The second-order valence-electron chi connectivity index (χ2n) is 6.31. The molecule has 6 heterocycles. The van der Waals surface area contributed by atoms with E-state index in [9.17, 15) is 0 Å². The Hall–Kier alpha value is -4.00. The molecule has 0 unspecified atom stereocenters. The number of nitrogens with one attached hydrogen (secondary N) is 2. The maximum atomic E-state index is 5.89. The molecule has 6 rings (SSSR count). The largest absolute Gasteiger partial charge is 0.454 e. The summed E-state index contributed by atoms with van der Waals surface area (Å²) in [4.78, 5) is 24.1. The van der Waals surface area contributed by atoms with E-state index in [4.69, 9.17) is 4.42 Å². The molecule has 6 aromatic rings. The zero-order chi connectivity index (χ0) is 17.8. The van der Waals surface area contributed by atoms with E-state index in [-0.39, 0.29) is 0 Å². The fourth-order valence-corrected chi connectivity index (χ4v) is 3.27. The van der Waals surface area contributed by atoms with Gasteiger partial charge in [-0.1, -0.05) is 0 Å². The predicted octanol–water partition coefficient (Wildman–Crippen LogP) is 4.31. The van der Waals surface area contributed by atoms with Crippen LogP contribution in [0, 0.1) is 0 Å². The summed E-state index contributed by atoms with van der Waals surface area (Å²) in [5, 5.41) is 0. The zero-order valence-corrected chi connectivity index (χ0v) is 14.0. The van der Waals surface area contributed by atoms with E-state index < -0.39 is 0 Å². The Morgan fingerprint density at radius 3 is 2.85 bits per heavy atom. The van der Waals surface area contributed by atoms with E-state index in [2.05, 4.69) is 29.9 Å². The molecule has 2 N–H and O–H groups in total. The van der Waals surface area contributed by atoms with Crippen molar-refractivity contribution in [2.75, 3.05) is 0 Å². The number of furan rings is 1. The van der Waals surface area contributed by atoms with Gasteiger partial charge in [0.05, 0.1) is 34.3 Å². The minimum Gasteiger partial charge on any atom is -0.454 e. The van der Waals surface area contributed by atoms with Gasteiger partial charge < -0.3 is 14.4 Å². The highest BCUT2D eigenvalue weighted by molar-refractivity contribution is 5.87. The predicted molar refractivity (Wildman–Crippen MR) is 102 cm³/mol. The smallest absolute Gasteiger partial charge is 0.178 e. The molecular formula is C20H12N6O. The second-order valence-corrected chi connectivity index (χ2v) is 6.31. The lowest BCUT2D eigenvalue weighted by Gasteiger charge is -1.97. The monoisotopic (exact) mass is 352 g/mol. The van der Waals surface area contributed by atoms with Crippen LogP contribution in [0.5, 0.6) is 0 Å². The molecule has 0 bridgehead atoms. The highest BCUT2D eigenvalue weighted by atomic mass is 16.3. The van der Waals surface area contributed by atoms with Gasteiger partial charge in [0.2, 0.25) is 0 Å². The van der Waals surface area contributed by atoms with Gasteiger partial charge >= 0.3 is 0 Å². The van der Waals surface area contributed by atoms with Crippen LogP contribution in [0.2, 0.25) is 0 Å². The van der Waals surface area contributed by atoms with Crippen LogP contribution in [0.25, 0.3) is 56.0 Å². The highest BCUT2D eigenvalue weighted by Gasteiger charge is 2.11. The summed E-state index contributed by atoms with van der Waals surface area (Å²) < 4.78 is 5.89. The molecule has 0 atom stereocenters. The fraction of sp³-hybridized carbons (Fsp3) is 0. The summed E-state index contributed by atoms with van der Waals surface area (Å²) in [6, 6.07) is 13.6. The van der Waals surface area contributed by atoms with E-state index in [0.717, 1.165) is 50.4 Å². The first-order chi connectivity index (χ1) is 13.3. The molecule has 0 aromatic carbocycles. The van der Waals surface area contributed by atoms with Crippen molar-refractivity contribution in [2.24, 2.45) is 0 Å². The van der Waals surface area contributed by atoms with E-state index in [0.29, 0.717) is 5.65 Å². The first-order valence-corrected chi connectivity index (χ1v) is 8.48. The Kier molecular flexibility index (Phi) is 2.76. The third-order valence-corrected chi connectivity index (χ3v) is 4.60. The standard InChI is InChI=1S/C20H12N6O/c1-2-18-17(21-5-1)8-19(27-18)11-6-15-14(22-9-11)7-16(25-15)12-3-4-13-20(26-12)24-10-23-13/h1-10,25H,(H,23,24,26). The number of imidazole rings is 1. The van der Waals surface area contributed by atoms with Crippen molar-refractivity contribution in [2.45, 2.75) is 0 Å². The first kappa shape index (κ1) is 14.2. The van der Waals surface area contributed by atoms with E-state index in [1.165, 1.54) is 0 Å². The number of fused-ring (bicyclic) bond motifs is 3. The van der Waals surface area contributed by atoms with Crippen LogP contribution in [-0.4, -0.2) is 29.9 Å². The average molecular weight is 352 g/mol. The van der Waals surface area contributed by atoms with Crippen molar-refractivity contribution in [3.63, 3.8) is 0 Å². The van der Waals surface area contributed by atoms with Crippen molar-refractivity contribution in [1.29, 1.82) is 0 Å². The molecule has 0 aliphatic rings. The average Bonchev–Trinajstić information content (AvgIpc) is 3.42. The molecule has 0 spiro atoms. The van der Waals surface area contributed by atoms with Crippen LogP contribution in [0.4, 0.5) is 0 Å². The Balaban J connectivity index is 1.46. The number of rotatable bonds is 2. The van der Waals surface area contributed by atoms with Gasteiger partial charge in [0, 0.05) is 24.0 Å². The van der Waals surface area contributed by atoms with Crippen LogP contribution >= 0.6 is 0 Å². The maximum Gasteiger partial charge on any atom is 0.178 e. The van der Waals surface area contributed by atoms with Gasteiger partial charge in [0.1, 0.15) is 11.3 Å². The summed E-state index contributed by atoms with van der Waals surface area (Å²) in [5.74, 6) is 0.741. The number of aromatic nitrogens is 6. The van der Waals surface area contributed by atoms with Gasteiger partial charge in [-0.15, -0.1) is 0 Å². The summed E-state index contributed by atoms with van der Waals surface area (Å²) in [6.07, 6.45) is 5.20. The maximum absolute atomic E-state index is 5.89. The number of hydrogen-bond acceptors (Lipinski definition) is 5. The molecular weight excluding hydrogens is 340 g/mol. The zero-order valence-electron chi connectivity index (χ0n) is 14.0.